The number of rotatable bonds is 6. The first kappa shape index (κ1) is 11.9. The number of thioether (sulfide) groups is 1. The van der Waals surface area contributed by atoms with Crippen molar-refractivity contribution < 1.29 is 4.74 Å². The molecule has 3 N–H and O–H groups in total. The third-order valence-corrected chi connectivity index (χ3v) is 3.90. The van der Waals surface area contributed by atoms with Gasteiger partial charge >= 0.3 is 0 Å². The van der Waals surface area contributed by atoms with Crippen molar-refractivity contribution in [1.82, 2.24) is 0 Å². The van der Waals surface area contributed by atoms with Crippen LogP contribution in [0.15, 0.2) is 0 Å². The van der Waals surface area contributed by atoms with E-state index >= 15 is 0 Å². The molecule has 0 aromatic heterocycles. The summed E-state index contributed by atoms with van der Waals surface area (Å²) >= 11 is 1.98. The predicted octanol–water partition coefficient (Wildman–Crippen LogP) is 1.86. The summed E-state index contributed by atoms with van der Waals surface area (Å²) in [5.41, 5.74) is 5.38. The molecule has 0 unspecified atom stereocenters. The Bertz CT molecular complexity index is 202. The van der Waals surface area contributed by atoms with E-state index in [1.807, 2.05) is 25.6 Å². The SMILES string of the molecule is CC(C)(CCCSC1COC1)C(=N)N. The topological polar surface area (TPSA) is 59.1 Å². The van der Waals surface area contributed by atoms with Gasteiger partial charge < -0.3 is 10.5 Å². The van der Waals surface area contributed by atoms with Gasteiger partial charge in [-0.3, -0.25) is 5.41 Å². The molecule has 4 heteroatoms. The second-order valence-corrected chi connectivity index (χ2v) is 5.84. The van der Waals surface area contributed by atoms with Crippen LogP contribution in [0.2, 0.25) is 0 Å². The number of ether oxygens (including phenoxy) is 1. The molecule has 14 heavy (non-hydrogen) atoms. The highest BCUT2D eigenvalue weighted by Gasteiger charge is 2.22. The number of nitrogens with one attached hydrogen (secondary N) is 1. The first-order chi connectivity index (χ1) is 6.52. The van der Waals surface area contributed by atoms with Gasteiger partial charge in [0.15, 0.2) is 0 Å². The van der Waals surface area contributed by atoms with Crippen LogP contribution in [0.5, 0.6) is 0 Å². The highest BCUT2D eigenvalue weighted by atomic mass is 32.2. The van der Waals surface area contributed by atoms with Gasteiger partial charge in [-0.15, -0.1) is 0 Å². The van der Waals surface area contributed by atoms with Crippen LogP contribution in [0.3, 0.4) is 0 Å². The van der Waals surface area contributed by atoms with Crippen LogP contribution in [0.4, 0.5) is 0 Å². The van der Waals surface area contributed by atoms with Gasteiger partial charge in [-0.2, -0.15) is 11.8 Å². The molecule has 0 aliphatic carbocycles. The number of nitrogens with two attached hydrogens (primary N) is 1. The molecule has 0 spiro atoms. The van der Waals surface area contributed by atoms with E-state index in [0.717, 1.165) is 37.1 Å². The van der Waals surface area contributed by atoms with Crippen molar-refractivity contribution in [3.63, 3.8) is 0 Å². The maximum atomic E-state index is 7.42. The van der Waals surface area contributed by atoms with Crippen LogP contribution in [0.25, 0.3) is 0 Å². The minimum atomic E-state index is -0.128. The lowest BCUT2D eigenvalue weighted by molar-refractivity contribution is 0.0455. The second kappa shape index (κ2) is 5.03. The van der Waals surface area contributed by atoms with E-state index < -0.39 is 0 Å². The van der Waals surface area contributed by atoms with Crippen LogP contribution in [-0.2, 0) is 4.74 Å². The third-order valence-electron chi connectivity index (χ3n) is 2.64. The molecule has 1 aliphatic rings. The van der Waals surface area contributed by atoms with Crippen LogP contribution >= 0.6 is 11.8 Å². The molecule has 1 aliphatic heterocycles. The van der Waals surface area contributed by atoms with Gasteiger partial charge in [0.05, 0.1) is 24.3 Å². The Morgan fingerprint density at radius 1 is 1.57 bits per heavy atom. The zero-order chi connectivity index (χ0) is 10.6. The fourth-order valence-corrected chi connectivity index (χ4v) is 2.24. The highest BCUT2D eigenvalue weighted by molar-refractivity contribution is 8.00. The Balaban J connectivity index is 2.04. The largest absolute Gasteiger partial charge is 0.387 e. The van der Waals surface area contributed by atoms with Crippen LogP contribution < -0.4 is 5.73 Å². The van der Waals surface area contributed by atoms with E-state index in [9.17, 15) is 0 Å². The third kappa shape index (κ3) is 3.50. The van der Waals surface area contributed by atoms with Gasteiger partial charge in [0.2, 0.25) is 0 Å². The molecule has 1 saturated heterocycles. The Hall–Kier alpha value is -0.220. The van der Waals surface area contributed by atoms with E-state index in [4.69, 9.17) is 15.9 Å². The summed E-state index contributed by atoms with van der Waals surface area (Å²) in [4.78, 5) is 0. The molecule has 0 aromatic rings. The molecule has 0 amide bonds. The van der Waals surface area contributed by atoms with Crippen LogP contribution in [-0.4, -0.2) is 30.1 Å². The lowest BCUT2D eigenvalue weighted by Crippen LogP contribution is -2.32. The molecule has 0 saturated carbocycles. The molecule has 82 valence electrons. The predicted molar refractivity (Wildman–Crippen MR) is 62.0 cm³/mol. The van der Waals surface area contributed by atoms with E-state index in [1.165, 1.54) is 0 Å². The monoisotopic (exact) mass is 216 g/mol. The van der Waals surface area contributed by atoms with Crippen molar-refractivity contribution in [2.75, 3.05) is 19.0 Å². The van der Waals surface area contributed by atoms with Crippen molar-refractivity contribution in [2.45, 2.75) is 31.9 Å². The molecule has 3 nitrogen and oxygen atoms in total. The van der Waals surface area contributed by atoms with Crippen LogP contribution in [0, 0.1) is 10.8 Å². The molecule has 0 aromatic carbocycles. The smallest absolute Gasteiger partial charge is 0.0963 e. The number of hydrogen-bond acceptors (Lipinski definition) is 3. The normalized spacial score (nSPS) is 17.9. The zero-order valence-electron chi connectivity index (χ0n) is 9.01. The molecule has 1 rings (SSSR count). The first-order valence-corrected chi connectivity index (χ1v) is 6.11. The van der Waals surface area contributed by atoms with E-state index in [2.05, 4.69) is 0 Å². The van der Waals surface area contributed by atoms with E-state index in [1.54, 1.807) is 0 Å². The van der Waals surface area contributed by atoms with Gasteiger partial charge in [-0.05, 0) is 18.6 Å². The van der Waals surface area contributed by atoms with Crippen molar-refractivity contribution >= 4 is 17.6 Å². The molecular formula is C10H20N2OS. The molecule has 0 radical (unpaired) electrons. The summed E-state index contributed by atoms with van der Waals surface area (Å²) in [5, 5.41) is 8.13. The standard InChI is InChI=1S/C10H20N2OS/c1-10(2,9(11)12)4-3-5-14-8-6-13-7-8/h8H,3-7H2,1-2H3,(H3,11,12). The minimum absolute atomic E-state index is 0.128. The zero-order valence-corrected chi connectivity index (χ0v) is 9.82. The molecular weight excluding hydrogens is 196 g/mol. The Morgan fingerprint density at radius 3 is 2.64 bits per heavy atom. The fourth-order valence-electron chi connectivity index (χ4n) is 1.21. The maximum Gasteiger partial charge on any atom is 0.0963 e. The first-order valence-electron chi connectivity index (χ1n) is 5.06. The van der Waals surface area contributed by atoms with Crippen molar-refractivity contribution in [3.8, 4) is 0 Å². The molecule has 1 fully saturated rings. The lowest BCUT2D eigenvalue weighted by Gasteiger charge is -2.26. The van der Waals surface area contributed by atoms with Gasteiger partial charge in [-0.1, -0.05) is 13.8 Å². The number of amidine groups is 1. The maximum absolute atomic E-state index is 7.42. The van der Waals surface area contributed by atoms with Gasteiger partial charge in [0.1, 0.15) is 0 Å². The quantitative estimate of drug-likeness (QED) is 0.405. The van der Waals surface area contributed by atoms with Gasteiger partial charge in [-0.25, -0.2) is 0 Å². The van der Waals surface area contributed by atoms with Crippen LogP contribution in [0.1, 0.15) is 26.7 Å². The van der Waals surface area contributed by atoms with E-state index in [-0.39, 0.29) is 5.41 Å². The average Bonchev–Trinajstić information content (AvgIpc) is 2.00. The summed E-state index contributed by atoms with van der Waals surface area (Å²) in [6.07, 6.45) is 2.14. The summed E-state index contributed by atoms with van der Waals surface area (Å²) in [7, 11) is 0. The molecule has 1 heterocycles. The fraction of sp³-hybridized carbons (Fsp3) is 0.900. The van der Waals surface area contributed by atoms with Crippen molar-refractivity contribution in [2.24, 2.45) is 11.1 Å². The lowest BCUT2D eigenvalue weighted by atomic mass is 9.87. The molecule has 0 atom stereocenters. The summed E-state index contributed by atoms with van der Waals surface area (Å²) in [6, 6.07) is 0. The van der Waals surface area contributed by atoms with Gasteiger partial charge in [0, 0.05) is 5.41 Å². The summed E-state index contributed by atoms with van der Waals surface area (Å²) < 4.78 is 5.10. The summed E-state index contributed by atoms with van der Waals surface area (Å²) in [6.45, 7) is 5.90. The second-order valence-electron chi connectivity index (χ2n) is 4.43. The highest BCUT2D eigenvalue weighted by Crippen LogP contribution is 2.25. The minimum Gasteiger partial charge on any atom is -0.387 e. The Kier molecular flexibility index (Phi) is 4.26. The average molecular weight is 216 g/mol. The molecule has 0 bridgehead atoms. The Labute approximate surface area is 90.3 Å². The van der Waals surface area contributed by atoms with Crippen molar-refractivity contribution in [1.29, 1.82) is 5.41 Å². The Morgan fingerprint density at radius 2 is 2.21 bits per heavy atom. The summed E-state index contributed by atoms with van der Waals surface area (Å²) in [5.74, 6) is 1.46. The van der Waals surface area contributed by atoms with Crippen molar-refractivity contribution in [3.05, 3.63) is 0 Å². The number of hydrogen-bond donors (Lipinski definition) is 2. The van der Waals surface area contributed by atoms with E-state index in [0.29, 0.717) is 5.84 Å². The van der Waals surface area contributed by atoms with Gasteiger partial charge in [0.25, 0.3) is 0 Å².